The van der Waals surface area contributed by atoms with Gasteiger partial charge in [-0.25, -0.2) is 0 Å². The highest BCUT2D eigenvalue weighted by Gasteiger charge is 2.15. The van der Waals surface area contributed by atoms with Gasteiger partial charge in [0, 0.05) is 29.9 Å². The second-order valence-corrected chi connectivity index (χ2v) is 5.00. The molecule has 0 amide bonds. The Morgan fingerprint density at radius 1 is 1.06 bits per heavy atom. The average Bonchev–Trinajstić information content (AvgIpc) is 2.82. The van der Waals surface area contributed by atoms with Crippen LogP contribution in [0.15, 0.2) is 24.3 Å². The highest BCUT2D eigenvalue weighted by Crippen LogP contribution is 2.29. The Bertz CT molecular complexity index is 554. The lowest BCUT2D eigenvalue weighted by atomic mass is 10.1. The molecule has 1 aromatic carbocycles. The average molecular weight is 226 g/mol. The lowest BCUT2D eigenvalue weighted by molar-refractivity contribution is 0.949. The molecular weight excluding hydrogens is 208 g/mol. The van der Waals surface area contributed by atoms with E-state index in [4.69, 9.17) is 0 Å². The van der Waals surface area contributed by atoms with Gasteiger partial charge in [0.15, 0.2) is 0 Å². The number of pyridine rings is 1. The van der Waals surface area contributed by atoms with Crippen molar-refractivity contribution in [3.63, 3.8) is 0 Å². The molecule has 0 saturated carbocycles. The van der Waals surface area contributed by atoms with Crippen LogP contribution in [0.3, 0.4) is 0 Å². The fraction of sp³-hybridized carbons (Fsp3) is 0.400. The molecule has 2 aromatic rings. The Kier molecular flexibility index (Phi) is 2.50. The summed E-state index contributed by atoms with van der Waals surface area (Å²) in [5, 5.41) is 1.30. The van der Waals surface area contributed by atoms with E-state index in [0.29, 0.717) is 0 Å². The summed E-state index contributed by atoms with van der Waals surface area (Å²) in [5.74, 6) is 0. The highest BCUT2D eigenvalue weighted by molar-refractivity contribution is 5.92. The van der Waals surface area contributed by atoms with E-state index in [9.17, 15) is 0 Å². The van der Waals surface area contributed by atoms with E-state index in [1.165, 1.54) is 42.6 Å². The van der Waals surface area contributed by atoms with Crippen molar-refractivity contribution in [3.8, 4) is 0 Å². The predicted octanol–water partition coefficient (Wildman–Crippen LogP) is 3.45. The largest absolute Gasteiger partial charge is 0.371 e. The van der Waals surface area contributed by atoms with Crippen LogP contribution in [0, 0.1) is 13.8 Å². The number of rotatable bonds is 1. The van der Waals surface area contributed by atoms with Gasteiger partial charge < -0.3 is 4.90 Å². The summed E-state index contributed by atoms with van der Waals surface area (Å²) in [6.07, 6.45) is 2.63. The van der Waals surface area contributed by atoms with Crippen LogP contribution in [0.5, 0.6) is 0 Å². The van der Waals surface area contributed by atoms with Crippen molar-refractivity contribution in [3.05, 3.63) is 35.5 Å². The second kappa shape index (κ2) is 4.02. The fourth-order valence-electron chi connectivity index (χ4n) is 2.67. The van der Waals surface area contributed by atoms with E-state index < -0.39 is 0 Å². The molecule has 0 aliphatic carbocycles. The van der Waals surface area contributed by atoms with Crippen LogP contribution in [0.2, 0.25) is 0 Å². The molecule has 1 aromatic heterocycles. The minimum atomic E-state index is 1.11. The lowest BCUT2D eigenvalue weighted by Gasteiger charge is -2.20. The van der Waals surface area contributed by atoms with Crippen LogP contribution in [-0.4, -0.2) is 18.1 Å². The number of hydrogen-bond donors (Lipinski definition) is 0. The fourth-order valence-corrected chi connectivity index (χ4v) is 2.67. The summed E-state index contributed by atoms with van der Waals surface area (Å²) in [4.78, 5) is 7.12. The number of benzene rings is 1. The van der Waals surface area contributed by atoms with Crippen molar-refractivity contribution in [2.24, 2.45) is 0 Å². The number of hydrogen-bond acceptors (Lipinski definition) is 2. The summed E-state index contributed by atoms with van der Waals surface area (Å²) >= 11 is 0. The van der Waals surface area contributed by atoms with Crippen molar-refractivity contribution < 1.29 is 0 Å². The molecule has 0 atom stereocenters. The van der Waals surface area contributed by atoms with E-state index in [0.717, 1.165) is 11.2 Å². The minimum Gasteiger partial charge on any atom is -0.371 e. The topological polar surface area (TPSA) is 16.1 Å². The number of aryl methyl sites for hydroxylation is 2. The highest BCUT2D eigenvalue weighted by atomic mass is 15.1. The smallest absolute Gasteiger partial charge is 0.0726 e. The second-order valence-electron chi connectivity index (χ2n) is 5.00. The zero-order valence-corrected chi connectivity index (χ0v) is 10.5. The van der Waals surface area contributed by atoms with Crippen molar-refractivity contribution >= 4 is 16.6 Å². The SMILES string of the molecule is Cc1ccc2nc(C)cc(N3CCCC3)c2c1. The maximum atomic E-state index is 4.62. The van der Waals surface area contributed by atoms with Crippen molar-refractivity contribution in [1.29, 1.82) is 0 Å². The van der Waals surface area contributed by atoms with Crippen LogP contribution in [0.4, 0.5) is 5.69 Å². The molecule has 0 unspecified atom stereocenters. The molecule has 2 heteroatoms. The summed E-state index contributed by atoms with van der Waals surface area (Å²) < 4.78 is 0. The molecule has 1 aliphatic rings. The van der Waals surface area contributed by atoms with Gasteiger partial charge in [-0.05, 0) is 44.9 Å². The lowest BCUT2D eigenvalue weighted by Crippen LogP contribution is -2.18. The van der Waals surface area contributed by atoms with Crippen molar-refractivity contribution in [2.45, 2.75) is 26.7 Å². The molecule has 17 heavy (non-hydrogen) atoms. The van der Waals surface area contributed by atoms with Crippen molar-refractivity contribution in [2.75, 3.05) is 18.0 Å². The number of anilines is 1. The standard InChI is InChI=1S/C15H18N2/c1-11-5-6-14-13(9-11)15(10-12(2)16-14)17-7-3-4-8-17/h5-6,9-10H,3-4,7-8H2,1-2H3. The Morgan fingerprint density at radius 2 is 1.82 bits per heavy atom. The molecule has 1 fully saturated rings. The molecule has 2 nitrogen and oxygen atoms in total. The molecular formula is C15H18N2. The van der Waals surface area contributed by atoms with E-state index in [2.05, 4.69) is 48.0 Å². The summed E-state index contributed by atoms with van der Waals surface area (Å²) in [6.45, 7) is 6.60. The Morgan fingerprint density at radius 3 is 2.59 bits per heavy atom. The number of nitrogens with zero attached hydrogens (tertiary/aromatic N) is 2. The number of aromatic nitrogens is 1. The molecule has 0 N–H and O–H groups in total. The molecule has 1 aliphatic heterocycles. The molecule has 0 spiro atoms. The van der Waals surface area contributed by atoms with Gasteiger partial charge in [0.2, 0.25) is 0 Å². The van der Waals surface area contributed by atoms with Gasteiger partial charge in [-0.3, -0.25) is 4.98 Å². The Balaban J connectivity index is 2.23. The van der Waals surface area contributed by atoms with Crippen LogP contribution in [-0.2, 0) is 0 Å². The van der Waals surface area contributed by atoms with Crippen LogP contribution >= 0.6 is 0 Å². The summed E-state index contributed by atoms with van der Waals surface area (Å²) in [7, 11) is 0. The first-order valence-electron chi connectivity index (χ1n) is 6.37. The molecule has 88 valence electrons. The van der Waals surface area contributed by atoms with Crippen LogP contribution in [0.25, 0.3) is 10.9 Å². The summed E-state index contributed by atoms with van der Waals surface area (Å²) in [5.41, 5.74) is 4.91. The zero-order chi connectivity index (χ0) is 11.8. The molecule has 3 rings (SSSR count). The van der Waals surface area contributed by atoms with Gasteiger partial charge in [0.1, 0.15) is 0 Å². The molecule has 0 bridgehead atoms. The maximum Gasteiger partial charge on any atom is 0.0726 e. The van der Waals surface area contributed by atoms with Gasteiger partial charge in [0.25, 0.3) is 0 Å². The maximum absolute atomic E-state index is 4.62. The first kappa shape index (κ1) is 10.6. The first-order chi connectivity index (χ1) is 8.24. The Labute approximate surface area is 102 Å². The molecule has 1 saturated heterocycles. The van der Waals surface area contributed by atoms with Gasteiger partial charge in [-0.2, -0.15) is 0 Å². The van der Waals surface area contributed by atoms with E-state index in [1.807, 2.05) is 0 Å². The Hall–Kier alpha value is -1.57. The normalized spacial score (nSPS) is 15.8. The third-order valence-electron chi connectivity index (χ3n) is 3.52. The van der Waals surface area contributed by atoms with Gasteiger partial charge in [0.05, 0.1) is 5.52 Å². The third kappa shape index (κ3) is 1.88. The van der Waals surface area contributed by atoms with Crippen LogP contribution in [0.1, 0.15) is 24.1 Å². The van der Waals surface area contributed by atoms with E-state index >= 15 is 0 Å². The number of fused-ring (bicyclic) bond motifs is 1. The minimum absolute atomic E-state index is 1.11. The zero-order valence-electron chi connectivity index (χ0n) is 10.5. The van der Waals surface area contributed by atoms with Gasteiger partial charge in [-0.1, -0.05) is 11.6 Å². The van der Waals surface area contributed by atoms with E-state index in [1.54, 1.807) is 0 Å². The molecule has 2 heterocycles. The van der Waals surface area contributed by atoms with Crippen molar-refractivity contribution in [1.82, 2.24) is 4.98 Å². The predicted molar refractivity (Wildman–Crippen MR) is 72.7 cm³/mol. The quantitative estimate of drug-likeness (QED) is 0.740. The monoisotopic (exact) mass is 226 g/mol. The van der Waals surface area contributed by atoms with E-state index in [-0.39, 0.29) is 0 Å². The summed E-state index contributed by atoms with van der Waals surface area (Å²) in [6, 6.07) is 8.77. The van der Waals surface area contributed by atoms with Gasteiger partial charge in [-0.15, -0.1) is 0 Å². The van der Waals surface area contributed by atoms with Gasteiger partial charge >= 0.3 is 0 Å². The first-order valence-corrected chi connectivity index (χ1v) is 6.37. The van der Waals surface area contributed by atoms with Crippen LogP contribution < -0.4 is 4.90 Å². The molecule has 0 radical (unpaired) electrons. The third-order valence-corrected chi connectivity index (χ3v) is 3.52.